The van der Waals surface area contributed by atoms with Crippen LogP contribution in [0, 0.1) is 5.92 Å². The predicted molar refractivity (Wildman–Crippen MR) is 64.3 cm³/mol. The first-order valence-electron chi connectivity index (χ1n) is 5.66. The van der Waals surface area contributed by atoms with Gasteiger partial charge >= 0.3 is 0 Å². The van der Waals surface area contributed by atoms with Gasteiger partial charge in [0.1, 0.15) is 5.52 Å². The maximum absolute atomic E-state index is 5.17. The number of rotatable bonds is 3. The van der Waals surface area contributed by atoms with Crippen molar-refractivity contribution in [3.05, 3.63) is 24.7 Å². The molecule has 0 aromatic carbocycles. The second-order valence-electron chi connectivity index (χ2n) is 4.47. The van der Waals surface area contributed by atoms with E-state index in [9.17, 15) is 0 Å². The lowest BCUT2D eigenvalue weighted by Crippen LogP contribution is -2.31. The zero-order chi connectivity index (χ0) is 11.8. The number of aromatic nitrogens is 4. The summed E-state index contributed by atoms with van der Waals surface area (Å²) >= 11 is 0. The fraction of sp³-hybridized carbons (Fsp3) is 0.417. The van der Waals surface area contributed by atoms with Crippen molar-refractivity contribution < 1.29 is 4.74 Å². The molecule has 0 radical (unpaired) electrons. The zero-order valence-electron chi connectivity index (χ0n) is 9.76. The Hall–Kier alpha value is -1.75. The van der Waals surface area contributed by atoms with E-state index >= 15 is 0 Å². The molecule has 1 aliphatic rings. The number of hydrogen-bond donors (Lipinski definition) is 0. The first-order chi connectivity index (χ1) is 8.24. The molecule has 0 N–H and O–H groups in total. The van der Waals surface area contributed by atoms with E-state index in [1.54, 1.807) is 12.4 Å². The van der Waals surface area contributed by atoms with Crippen molar-refractivity contribution in [2.24, 2.45) is 5.92 Å². The fourth-order valence-electron chi connectivity index (χ4n) is 1.82. The number of fused-ring (bicyclic) bond motifs is 1. The van der Waals surface area contributed by atoms with Crippen LogP contribution in [0.3, 0.4) is 0 Å². The molecule has 5 heteroatoms. The third-order valence-corrected chi connectivity index (χ3v) is 2.92. The molecule has 0 saturated carbocycles. The summed E-state index contributed by atoms with van der Waals surface area (Å²) < 4.78 is 7.07. The molecule has 1 fully saturated rings. The lowest BCUT2D eigenvalue weighted by molar-refractivity contribution is -0.0403. The quantitative estimate of drug-likeness (QED) is 0.802. The second kappa shape index (κ2) is 3.92. The number of ether oxygens (including phenoxy) is 1. The Morgan fingerprint density at radius 1 is 1.53 bits per heavy atom. The van der Waals surface area contributed by atoms with Crippen LogP contribution in [0.15, 0.2) is 19.0 Å². The van der Waals surface area contributed by atoms with Crippen molar-refractivity contribution in [1.82, 2.24) is 19.7 Å². The van der Waals surface area contributed by atoms with Crippen LogP contribution in [0.5, 0.6) is 0 Å². The molecular formula is C12H14N4O. The highest BCUT2D eigenvalue weighted by molar-refractivity contribution is 5.72. The number of hydrogen-bond acceptors (Lipinski definition) is 4. The van der Waals surface area contributed by atoms with Crippen molar-refractivity contribution >= 4 is 16.7 Å². The van der Waals surface area contributed by atoms with Gasteiger partial charge in [0.25, 0.3) is 0 Å². The fourth-order valence-corrected chi connectivity index (χ4v) is 1.82. The minimum atomic E-state index is 0.549. The Morgan fingerprint density at radius 3 is 3.00 bits per heavy atom. The predicted octanol–water partition coefficient (Wildman–Crippen LogP) is 1.51. The molecular weight excluding hydrogens is 216 g/mol. The van der Waals surface area contributed by atoms with Gasteiger partial charge in [-0.05, 0) is 12.5 Å². The number of nitrogens with zero attached hydrogens (tertiary/aromatic N) is 4. The summed E-state index contributed by atoms with van der Waals surface area (Å²) in [5.74, 6) is 0.549. The number of allylic oxidation sites excluding steroid dienone is 1. The Labute approximate surface area is 99.1 Å². The summed E-state index contributed by atoms with van der Waals surface area (Å²) in [5.41, 5.74) is 3.40. The maximum Gasteiger partial charge on any atom is 0.177 e. The van der Waals surface area contributed by atoms with Gasteiger partial charge in [0, 0.05) is 5.92 Å². The first kappa shape index (κ1) is 10.4. The maximum atomic E-state index is 5.17. The Morgan fingerprint density at radius 2 is 2.35 bits per heavy atom. The monoisotopic (exact) mass is 230 g/mol. The summed E-state index contributed by atoms with van der Waals surface area (Å²) in [5, 5.41) is 4.32. The molecule has 3 rings (SSSR count). The van der Waals surface area contributed by atoms with Crippen LogP contribution in [0.1, 0.15) is 12.6 Å². The van der Waals surface area contributed by atoms with Gasteiger partial charge in [0.15, 0.2) is 5.65 Å². The van der Waals surface area contributed by atoms with Crippen LogP contribution in [0.4, 0.5) is 0 Å². The molecule has 1 saturated heterocycles. The minimum Gasteiger partial charge on any atom is -0.381 e. The molecule has 0 aliphatic carbocycles. The summed E-state index contributed by atoms with van der Waals surface area (Å²) in [6.07, 6.45) is 3.49. The van der Waals surface area contributed by atoms with Crippen molar-refractivity contribution in [3.8, 4) is 0 Å². The molecule has 17 heavy (non-hydrogen) atoms. The summed E-state index contributed by atoms with van der Waals surface area (Å²) in [6.45, 7) is 8.28. The average Bonchev–Trinajstić information content (AvgIpc) is 2.65. The SMILES string of the molecule is C=C(C)c1cnc2cnn(CC3COC3)c2n1. The Bertz CT molecular complexity index is 571. The summed E-state index contributed by atoms with van der Waals surface area (Å²) in [6, 6.07) is 0. The molecule has 0 atom stereocenters. The molecule has 1 aliphatic heterocycles. The van der Waals surface area contributed by atoms with Crippen LogP contribution in [0.25, 0.3) is 16.7 Å². The molecule has 2 aromatic rings. The highest BCUT2D eigenvalue weighted by Gasteiger charge is 2.20. The molecule has 5 nitrogen and oxygen atoms in total. The van der Waals surface area contributed by atoms with Gasteiger partial charge in [-0.15, -0.1) is 0 Å². The van der Waals surface area contributed by atoms with E-state index < -0.39 is 0 Å². The normalized spacial score (nSPS) is 16.1. The van der Waals surface area contributed by atoms with Gasteiger partial charge in [-0.3, -0.25) is 0 Å². The van der Waals surface area contributed by atoms with Crippen molar-refractivity contribution in [2.75, 3.05) is 13.2 Å². The average molecular weight is 230 g/mol. The van der Waals surface area contributed by atoms with Gasteiger partial charge < -0.3 is 4.74 Å². The third-order valence-electron chi connectivity index (χ3n) is 2.92. The molecule has 0 spiro atoms. The summed E-state index contributed by atoms with van der Waals surface area (Å²) in [4.78, 5) is 8.88. The molecule has 0 amide bonds. The van der Waals surface area contributed by atoms with E-state index in [0.29, 0.717) is 5.92 Å². The minimum absolute atomic E-state index is 0.549. The summed E-state index contributed by atoms with van der Waals surface area (Å²) in [7, 11) is 0. The lowest BCUT2D eigenvalue weighted by Gasteiger charge is -2.25. The molecule has 0 unspecified atom stereocenters. The highest BCUT2D eigenvalue weighted by atomic mass is 16.5. The van der Waals surface area contributed by atoms with E-state index in [0.717, 1.165) is 42.2 Å². The largest absolute Gasteiger partial charge is 0.381 e. The van der Waals surface area contributed by atoms with E-state index in [4.69, 9.17) is 4.74 Å². The van der Waals surface area contributed by atoms with Crippen LogP contribution in [-0.4, -0.2) is 33.0 Å². The Balaban J connectivity index is 1.99. The van der Waals surface area contributed by atoms with Crippen molar-refractivity contribution in [1.29, 1.82) is 0 Å². The topological polar surface area (TPSA) is 52.8 Å². The second-order valence-corrected chi connectivity index (χ2v) is 4.47. The van der Waals surface area contributed by atoms with E-state index in [2.05, 4.69) is 21.6 Å². The zero-order valence-corrected chi connectivity index (χ0v) is 9.76. The standard InChI is InChI=1S/C12H14N4O/c1-8(2)10-3-13-11-4-14-16(12(11)15-10)5-9-6-17-7-9/h3-4,9H,1,5-7H2,2H3. The third kappa shape index (κ3) is 1.82. The van der Waals surface area contributed by atoms with E-state index in [1.807, 2.05) is 11.6 Å². The van der Waals surface area contributed by atoms with Crippen LogP contribution >= 0.6 is 0 Å². The van der Waals surface area contributed by atoms with Gasteiger partial charge in [0.05, 0.1) is 37.8 Å². The smallest absolute Gasteiger partial charge is 0.177 e. The highest BCUT2D eigenvalue weighted by Crippen LogP contribution is 2.17. The van der Waals surface area contributed by atoms with Crippen LogP contribution in [0.2, 0.25) is 0 Å². The van der Waals surface area contributed by atoms with E-state index in [1.165, 1.54) is 0 Å². The van der Waals surface area contributed by atoms with Crippen molar-refractivity contribution in [2.45, 2.75) is 13.5 Å². The van der Waals surface area contributed by atoms with Crippen LogP contribution in [-0.2, 0) is 11.3 Å². The van der Waals surface area contributed by atoms with Crippen molar-refractivity contribution in [3.63, 3.8) is 0 Å². The van der Waals surface area contributed by atoms with Gasteiger partial charge in [-0.2, -0.15) is 5.10 Å². The van der Waals surface area contributed by atoms with Crippen LogP contribution < -0.4 is 0 Å². The first-order valence-corrected chi connectivity index (χ1v) is 5.66. The van der Waals surface area contributed by atoms with Gasteiger partial charge in [-0.25, -0.2) is 14.6 Å². The molecule has 0 bridgehead atoms. The van der Waals surface area contributed by atoms with Gasteiger partial charge in [-0.1, -0.05) is 6.58 Å². The molecule has 3 heterocycles. The molecule has 88 valence electrons. The lowest BCUT2D eigenvalue weighted by atomic mass is 10.1. The van der Waals surface area contributed by atoms with E-state index in [-0.39, 0.29) is 0 Å². The molecule has 2 aromatic heterocycles. The Kier molecular flexibility index (Phi) is 2.40. The van der Waals surface area contributed by atoms with Gasteiger partial charge in [0.2, 0.25) is 0 Å².